The summed E-state index contributed by atoms with van der Waals surface area (Å²) in [6.07, 6.45) is 4.56. The van der Waals surface area contributed by atoms with E-state index in [1.165, 1.54) is 22.0 Å². The van der Waals surface area contributed by atoms with Gasteiger partial charge in [0.25, 0.3) is 5.56 Å². The SMILES string of the molecule is CCCCCCNc1nc2c(c(=O)n(Cc3ccccc3Cl)c(=O)n2C)n1C. The van der Waals surface area contributed by atoms with Gasteiger partial charge in [-0.2, -0.15) is 4.98 Å². The third kappa shape index (κ3) is 3.85. The predicted molar refractivity (Wildman–Crippen MR) is 113 cm³/mol. The second-order valence-electron chi connectivity index (χ2n) is 6.98. The molecular weight excluding hydrogens is 378 g/mol. The number of aromatic nitrogens is 4. The van der Waals surface area contributed by atoms with E-state index < -0.39 is 5.69 Å². The van der Waals surface area contributed by atoms with Crippen molar-refractivity contribution in [2.45, 2.75) is 39.2 Å². The maximum atomic E-state index is 13.1. The molecule has 28 heavy (non-hydrogen) atoms. The molecule has 0 amide bonds. The fourth-order valence-electron chi connectivity index (χ4n) is 3.29. The maximum Gasteiger partial charge on any atom is 0.332 e. The van der Waals surface area contributed by atoms with Gasteiger partial charge in [0.05, 0.1) is 6.54 Å². The van der Waals surface area contributed by atoms with Gasteiger partial charge < -0.3 is 9.88 Å². The Labute approximate surface area is 168 Å². The molecule has 0 spiro atoms. The number of nitrogens with one attached hydrogen (secondary N) is 1. The first-order valence-corrected chi connectivity index (χ1v) is 9.97. The van der Waals surface area contributed by atoms with Gasteiger partial charge in [0.1, 0.15) is 0 Å². The first kappa shape index (κ1) is 20.2. The van der Waals surface area contributed by atoms with Crippen molar-refractivity contribution >= 4 is 28.7 Å². The Morgan fingerprint density at radius 3 is 2.54 bits per heavy atom. The fraction of sp³-hybridized carbons (Fsp3) is 0.450. The molecular formula is C20H26ClN5O2. The Kier molecular flexibility index (Phi) is 6.24. The summed E-state index contributed by atoms with van der Waals surface area (Å²) in [5.74, 6) is 0.592. The highest BCUT2D eigenvalue weighted by Gasteiger charge is 2.18. The molecule has 2 aromatic heterocycles. The Morgan fingerprint density at radius 2 is 1.82 bits per heavy atom. The van der Waals surface area contributed by atoms with E-state index in [9.17, 15) is 9.59 Å². The molecule has 0 aliphatic carbocycles. The minimum Gasteiger partial charge on any atom is -0.356 e. The van der Waals surface area contributed by atoms with E-state index in [-0.39, 0.29) is 12.1 Å². The number of benzene rings is 1. The summed E-state index contributed by atoms with van der Waals surface area (Å²) in [7, 11) is 3.42. The molecule has 0 unspecified atom stereocenters. The lowest BCUT2D eigenvalue weighted by molar-refractivity contribution is 0.655. The van der Waals surface area contributed by atoms with Gasteiger partial charge in [-0.05, 0) is 18.1 Å². The van der Waals surface area contributed by atoms with Crippen LogP contribution in [0.3, 0.4) is 0 Å². The lowest BCUT2D eigenvalue weighted by Crippen LogP contribution is -2.39. The first-order chi connectivity index (χ1) is 13.5. The molecule has 0 fully saturated rings. The van der Waals surface area contributed by atoms with Crippen molar-refractivity contribution in [3.8, 4) is 0 Å². The molecule has 3 rings (SSSR count). The van der Waals surface area contributed by atoms with Gasteiger partial charge in [0.15, 0.2) is 11.2 Å². The van der Waals surface area contributed by atoms with Crippen molar-refractivity contribution in [3.05, 3.63) is 55.7 Å². The molecule has 0 saturated carbocycles. The third-order valence-electron chi connectivity index (χ3n) is 4.96. The van der Waals surface area contributed by atoms with E-state index in [0.717, 1.165) is 24.9 Å². The normalized spacial score (nSPS) is 11.3. The number of hydrogen-bond donors (Lipinski definition) is 1. The highest BCUT2D eigenvalue weighted by molar-refractivity contribution is 6.31. The van der Waals surface area contributed by atoms with Crippen molar-refractivity contribution in [1.82, 2.24) is 18.7 Å². The molecule has 0 aliphatic rings. The molecule has 3 aromatic rings. The Bertz CT molecular complexity index is 1100. The zero-order valence-corrected chi connectivity index (χ0v) is 17.3. The number of imidazole rings is 1. The Balaban J connectivity index is 1.99. The van der Waals surface area contributed by atoms with Gasteiger partial charge in [-0.3, -0.25) is 13.9 Å². The van der Waals surface area contributed by atoms with Crippen LogP contribution in [0.5, 0.6) is 0 Å². The van der Waals surface area contributed by atoms with Crippen molar-refractivity contribution < 1.29 is 0 Å². The van der Waals surface area contributed by atoms with Gasteiger partial charge in [-0.1, -0.05) is 56.0 Å². The van der Waals surface area contributed by atoms with Crippen molar-refractivity contribution in [2.75, 3.05) is 11.9 Å². The average molecular weight is 404 g/mol. The lowest BCUT2D eigenvalue weighted by Gasteiger charge is -2.10. The zero-order chi connectivity index (χ0) is 20.3. The standard InChI is InChI=1S/C20H26ClN5O2/c1-4-5-6-9-12-22-19-23-17-16(24(19)2)18(27)26(20(28)25(17)3)13-14-10-7-8-11-15(14)21/h7-8,10-11H,4-6,9,12-13H2,1-3H3,(H,22,23). The van der Waals surface area contributed by atoms with Gasteiger partial charge in [0, 0.05) is 25.7 Å². The molecule has 8 heteroatoms. The number of hydrogen-bond acceptors (Lipinski definition) is 4. The highest BCUT2D eigenvalue weighted by atomic mass is 35.5. The summed E-state index contributed by atoms with van der Waals surface area (Å²) in [4.78, 5) is 30.4. The van der Waals surface area contributed by atoms with Gasteiger partial charge >= 0.3 is 5.69 Å². The van der Waals surface area contributed by atoms with Gasteiger partial charge in [-0.15, -0.1) is 0 Å². The summed E-state index contributed by atoms with van der Waals surface area (Å²) in [5, 5.41) is 3.80. The Hall–Kier alpha value is -2.54. The van der Waals surface area contributed by atoms with Crippen molar-refractivity contribution in [3.63, 3.8) is 0 Å². The minimum atomic E-state index is -0.412. The zero-order valence-electron chi connectivity index (χ0n) is 16.5. The number of halogens is 1. The van der Waals surface area contributed by atoms with Crippen LogP contribution in [0.15, 0.2) is 33.9 Å². The van der Waals surface area contributed by atoms with E-state index in [0.29, 0.717) is 22.1 Å². The molecule has 0 radical (unpaired) electrons. The molecule has 7 nitrogen and oxygen atoms in total. The summed E-state index contributed by atoms with van der Waals surface area (Å²) >= 11 is 6.21. The smallest absolute Gasteiger partial charge is 0.332 e. The number of nitrogens with zero attached hydrogens (tertiary/aromatic N) is 4. The third-order valence-corrected chi connectivity index (χ3v) is 5.33. The molecule has 150 valence electrons. The number of aryl methyl sites for hydroxylation is 2. The quantitative estimate of drug-likeness (QED) is 0.586. The second kappa shape index (κ2) is 8.65. The topological polar surface area (TPSA) is 73.8 Å². The monoisotopic (exact) mass is 403 g/mol. The van der Waals surface area contributed by atoms with Gasteiger partial charge in [-0.25, -0.2) is 4.79 Å². The number of fused-ring (bicyclic) bond motifs is 1. The number of anilines is 1. The molecule has 0 bridgehead atoms. The molecule has 0 atom stereocenters. The van der Waals surface area contributed by atoms with Crippen LogP contribution < -0.4 is 16.6 Å². The largest absolute Gasteiger partial charge is 0.356 e. The lowest BCUT2D eigenvalue weighted by atomic mass is 10.2. The summed E-state index contributed by atoms with van der Waals surface area (Å²) in [6.45, 7) is 3.07. The van der Waals surface area contributed by atoms with Crippen molar-refractivity contribution in [1.29, 1.82) is 0 Å². The van der Waals surface area contributed by atoms with Crippen LogP contribution >= 0.6 is 11.6 Å². The average Bonchev–Trinajstić information content (AvgIpc) is 3.01. The molecule has 0 saturated heterocycles. The van der Waals surface area contributed by atoms with Crippen LogP contribution in [0.2, 0.25) is 5.02 Å². The second-order valence-corrected chi connectivity index (χ2v) is 7.39. The fourth-order valence-corrected chi connectivity index (χ4v) is 3.49. The van der Waals surface area contributed by atoms with Crippen LogP contribution in [0.1, 0.15) is 38.2 Å². The number of unbranched alkanes of at least 4 members (excludes halogenated alkanes) is 3. The van der Waals surface area contributed by atoms with Crippen LogP contribution in [0.4, 0.5) is 5.95 Å². The van der Waals surface area contributed by atoms with E-state index >= 15 is 0 Å². The van der Waals surface area contributed by atoms with Crippen LogP contribution in [-0.2, 0) is 20.6 Å². The van der Waals surface area contributed by atoms with Crippen LogP contribution in [0.25, 0.3) is 11.2 Å². The highest BCUT2D eigenvalue weighted by Crippen LogP contribution is 2.17. The molecule has 1 N–H and O–H groups in total. The van der Waals surface area contributed by atoms with E-state index in [4.69, 9.17) is 11.6 Å². The number of rotatable bonds is 8. The Morgan fingerprint density at radius 1 is 1.07 bits per heavy atom. The summed E-state index contributed by atoms with van der Waals surface area (Å²) < 4.78 is 4.34. The summed E-state index contributed by atoms with van der Waals surface area (Å²) in [5.41, 5.74) is 0.713. The van der Waals surface area contributed by atoms with Crippen molar-refractivity contribution in [2.24, 2.45) is 14.1 Å². The van der Waals surface area contributed by atoms with E-state index in [2.05, 4.69) is 17.2 Å². The predicted octanol–water partition coefficient (Wildman–Crippen LogP) is 3.13. The minimum absolute atomic E-state index is 0.117. The molecule has 1 aromatic carbocycles. The van der Waals surface area contributed by atoms with E-state index in [1.807, 2.05) is 18.2 Å². The summed E-state index contributed by atoms with van der Waals surface area (Å²) in [6, 6.07) is 7.20. The van der Waals surface area contributed by atoms with E-state index in [1.54, 1.807) is 24.7 Å². The first-order valence-electron chi connectivity index (χ1n) is 9.59. The van der Waals surface area contributed by atoms with Gasteiger partial charge in [0.2, 0.25) is 5.95 Å². The molecule has 0 aliphatic heterocycles. The van der Waals surface area contributed by atoms with Crippen LogP contribution in [-0.4, -0.2) is 25.2 Å². The van der Waals surface area contributed by atoms with Crippen LogP contribution in [0, 0.1) is 0 Å². The molecule has 2 heterocycles. The maximum absolute atomic E-state index is 13.1.